The molecule has 186 valence electrons. The highest BCUT2D eigenvalue weighted by Gasteiger charge is 2.33. The summed E-state index contributed by atoms with van der Waals surface area (Å²) in [6, 6.07) is 11.9. The Labute approximate surface area is 201 Å². The molecule has 0 aliphatic rings. The van der Waals surface area contributed by atoms with Gasteiger partial charge < -0.3 is 10.2 Å². The largest absolute Gasteiger partial charge is 0.354 e. The van der Waals surface area contributed by atoms with Crippen LogP contribution in [0.25, 0.3) is 0 Å². The van der Waals surface area contributed by atoms with E-state index >= 15 is 0 Å². The predicted octanol–water partition coefficient (Wildman–Crippen LogP) is 2.69. The molecule has 1 unspecified atom stereocenters. The van der Waals surface area contributed by atoms with Gasteiger partial charge in [-0.05, 0) is 43.5 Å². The van der Waals surface area contributed by atoms with Crippen LogP contribution in [0, 0.1) is 12.7 Å². The van der Waals surface area contributed by atoms with E-state index in [2.05, 4.69) is 5.32 Å². The SMILES string of the molecule is CCCNC(=O)C(C)N(Cc1ccccc1C)C(=O)CN(c1ccccc1F)S(=O)(=O)N(C)C. The van der Waals surface area contributed by atoms with Gasteiger partial charge in [-0.3, -0.25) is 9.59 Å². The van der Waals surface area contributed by atoms with E-state index in [4.69, 9.17) is 0 Å². The van der Waals surface area contributed by atoms with Gasteiger partial charge in [-0.1, -0.05) is 43.3 Å². The monoisotopic (exact) mass is 492 g/mol. The smallest absolute Gasteiger partial charge is 0.304 e. The molecule has 0 spiro atoms. The number of anilines is 1. The fourth-order valence-corrected chi connectivity index (χ4v) is 4.37. The summed E-state index contributed by atoms with van der Waals surface area (Å²) in [5, 5.41) is 2.78. The Kier molecular flexibility index (Phi) is 9.57. The maximum atomic E-state index is 14.6. The maximum absolute atomic E-state index is 14.6. The van der Waals surface area contributed by atoms with Crippen molar-refractivity contribution in [2.75, 3.05) is 31.5 Å². The number of rotatable bonds is 11. The molecule has 2 rings (SSSR count). The second kappa shape index (κ2) is 11.9. The summed E-state index contributed by atoms with van der Waals surface area (Å²) in [5.41, 5.74) is 1.50. The molecule has 1 N–H and O–H groups in total. The number of hydrogen-bond acceptors (Lipinski definition) is 4. The molecule has 2 aromatic carbocycles. The highest BCUT2D eigenvalue weighted by atomic mass is 32.2. The van der Waals surface area contributed by atoms with Gasteiger partial charge in [-0.15, -0.1) is 0 Å². The molecule has 10 heteroatoms. The minimum absolute atomic E-state index is 0.0966. The molecule has 8 nitrogen and oxygen atoms in total. The zero-order valence-electron chi connectivity index (χ0n) is 20.3. The van der Waals surface area contributed by atoms with Crippen molar-refractivity contribution in [3.05, 3.63) is 65.5 Å². The molecule has 0 heterocycles. The second-order valence-electron chi connectivity index (χ2n) is 8.16. The van der Waals surface area contributed by atoms with E-state index < -0.39 is 34.5 Å². The van der Waals surface area contributed by atoms with Crippen molar-refractivity contribution in [1.82, 2.24) is 14.5 Å². The Balaban J connectivity index is 2.47. The van der Waals surface area contributed by atoms with E-state index in [1.54, 1.807) is 6.92 Å². The predicted molar refractivity (Wildman–Crippen MR) is 131 cm³/mol. The lowest BCUT2D eigenvalue weighted by Crippen LogP contribution is -2.52. The molecule has 0 aromatic heterocycles. The number of halogens is 1. The van der Waals surface area contributed by atoms with Crippen molar-refractivity contribution < 1.29 is 22.4 Å². The molecular formula is C24H33FN4O4S. The molecule has 2 amide bonds. The van der Waals surface area contributed by atoms with E-state index in [1.165, 1.54) is 37.2 Å². The fraction of sp³-hybridized carbons (Fsp3) is 0.417. The first-order valence-electron chi connectivity index (χ1n) is 11.1. The van der Waals surface area contributed by atoms with Crippen molar-refractivity contribution in [1.29, 1.82) is 0 Å². The van der Waals surface area contributed by atoms with Crippen LogP contribution in [-0.4, -0.2) is 62.7 Å². The summed E-state index contributed by atoms with van der Waals surface area (Å²) in [6.07, 6.45) is 0.729. The van der Waals surface area contributed by atoms with Crippen LogP contribution < -0.4 is 9.62 Å². The number of carbonyl (C=O) groups excluding carboxylic acids is 2. The highest BCUT2D eigenvalue weighted by Crippen LogP contribution is 2.24. The molecule has 0 bridgehead atoms. The zero-order valence-corrected chi connectivity index (χ0v) is 21.1. The van der Waals surface area contributed by atoms with Crippen molar-refractivity contribution in [3.63, 3.8) is 0 Å². The first-order chi connectivity index (χ1) is 16.0. The van der Waals surface area contributed by atoms with Gasteiger partial charge in [0, 0.05) is 27.2 Å². The van der Waals surface area contributed by atoms with Crippen LogP contribution in [0.5, 0.6) is 0 Å². The molecule has 0 fully saturated rings. The molecule has 0 aliphatic carbocycles. The van der Waals surface area contributed by atoms with Crippen molar-refractivity contribution in [2.45, 2.75) is 39.8 Å². The molecule has 0 saturated heterocycles. The molecule has 34 heavy (non-hydrogen) atoms. The van der Waals surface area contributed by atoms with Crippen molar-refractivity contribution >= 4 is 27.7 Å². The summed E-state index contributed by atoms with van der Waals surface area (Å²) >= 11 is 0. The first-order valence-corrected chi connectivity index (χ1v) is 12.5. The lowest BCUT2D eigenvalue weighted by Gasteiger charge is -2.33. The van der Waals surface area contributed by atoms with E-state index in [0.717, 1.165) is 32.2 Å². The first kappa shape index (κ1) is 27.3. The van der Waals surface area contributed by atoms with Crippen molar-refractivity contribution in [3.8, 4) is 0 Å². The third kappa shape index (κ3) is 6.54. The molecule has 0 saturated carbocycles. The number of aryl methyl sites for hydroxylation is 1. The summed E-state index contributed by atoms with van der Waals surface area (Å²) in [6.45, 7) is 5.28. The minimum Gasteiger partial charge on any atom is -0.354 e. The molecule has 0 radical (unpaired) electrons. The van der Waals surface area contributed by atoms with Gasteiger partial charge in [-0.2, -0.15) is 12.7 Å². The van der Waals surface area contributed by atoms with Crippen LogP contribution in [0.4, 0.5) is 10.1 Å². The third-order valence-corrected chi connectivity index (χ3v) is 7.26. The van der Waals surface area contributed by atoms with Gasteiger partial charge in [0.2, 0.25) is 11.8 Å². The van der Waals surface area contributed by atoms with Gasteiger partial charge in [0.25, 0.3) is 0 Å². The van der Waals surface area contributed by atoms with E-state index in [0.29, 0.717) is 6.54 Å². The number of benzene rings is 2. The summed E-state index contributed by atoms with van der Waals surface area (Å²) in [5.74, 6) is -1.76. The Morgan fingerprint density at radius 1 is 1.06 bits per heavy atom. The number of amides is 2. The molecular weight excluding hydrogens is 459 g/mol. The topological polar surface area (TPSA) is 90.0 Å². The Morgan fingerprint density at radius 3 is 2.26 bits per heavy atom. The van der Waals surface area contributed by atoms with Gasteiger partial charge in [-0.25, -0.2) is 8.70 Å². The highest BCUT2D eigenvalue weighted by molar-refractivity contribution is 7.90. The Morgan fingerprint density at radius 2 is 1.68 bits per heavy atom. The van der Waals surface area contributed by atoms with Crippen LogP contribution in [0.3, 0.4) is 0 Å². The molecule has 1 atom stereocenters. The second-order valence-corrected chi connectivity index (χ2v) is 10.2. The maximum Gasteiger partial charge on any atom is 0.304 e. The Hall–Kier alpha value is -2.98. The number of nitrogens with zero attached hydrogens (tertiary/aromatic N) is 3. The fourth-order valence-electron chi connectivity index (χ4n) is 3.31. The summed E-state index contributed by atoms with van der Waals surface area (Å²) in [4.78, 5) is 27.6. The average molecular weight is 493 g/mol. The number of carbonyl (C=O) groups is 2. The quantitative estimate of drug-likeness (QED) is 0.522. The normalized spacial score (nSPS) is 12.3. The zero-order chi connectivity index (χ0) is 25.5. The van der Waals surface area contributed by atoms with E-state index in [9.17, 15) is 22.4 Å². The third-order valence-electron chi connectivity index (χ3n) is 5.46. The van der Waals surface area contributed by atoms with E-state index in [-0.39, 0.29) is 18.1 Å². The van der Waals surface area contributed by atoms with Gasteiger partial charge in [0.15, 0.2) is 0 Å². The van der Waals surface area contributed by atoms with Crippen LogP contribution in [0.15, 0.2) is 48.5 Å². The number of para-hydroxylation sites is 1. The van der Waals surface area contributed by atoms with E-state index in [1.807, 2.05) is 38.1 Å². The lowest BCUT2D eigenvalue weighted by atomic mass is 10.1. The summed E-state index contributed by atoms with van der Waals surface area (Å²) in [7, 11) is -1.60. The standard InChI is InChI=1S/C24H33FN4O4S/c1-6-15-26-24(31)19(3)28(16-20-12-8-7-11-18(20)2)23(30)17-29(34(32,33)27(4)5)22-14-10-9-13-21(22)25/h7-14,19H,6,15-17H2,1-5H3,(H,26,31). The number of nitrogens with one attached hydrogen (secondary N) is 1. The van der Waals surface area contributed by atoms with Gasteiger partial charge >= 0.3 is 10.2 Å². The minimum atomic E-state index is -4.21. The molecule has 0 aliphatic heterocycles. The number of hydrogen-bond donors (Lipinski definition) is 1. The average Bonchev–Trinajstić information content (AvgIpc) is 2.80. The van der Waals surface area contributed by atoms with Crippen LogP contribution in [0.2, 0.25) is 0 Å². The van der Waals surface area contributed by atoms with Crippen LogP contribution in [0.1, 0.15) is 31.4 Å². The summed E-state index contributed by atoms with van der Waals surface area (Å²) < 4.78 is 42.3. The molecule has 2 aromatic rings. The van der Waals surface area contributed by atoms with Crippen molar-refractivity contribution in [2.24, 2.45) is 0 Å². The van der Waals surface area contributed by atoms with Gasteiger partial charge in [0.1, 0.15) is 18.4 Å². The van der Waals surface area contributed by atoms with Crippen LogP contribution >= 0.6 is 0 Å². The van der Waals surface area contributed by atoms with Gasteiger partial charge in [0.05, 0.1) is 5.69 Å². The lowest BCUT2D eigenvalue weighted by molar-refractivity contribution is -0.139. The Bertz CT molecular complexity index is 1110. The van der Waals surface area contributed by atoms with Crippen LogP contribution in [-0.2, 0) is 26.3 Å².